The number of esters is 1. The van der Waals surface area contributed by atoms with E-state index in [1.165, 1.54) is 0 Å². The molecule has 11 nitrogen and oxygen atoms in total. The van der Waals surface area contributed by atoms with Crippen molar-refractivity contribution < 1.29 is 23.7 Å². The molecule has 0 bridgehead atoms. The average molecular weight is 513 g/mol. The summed E-state index contributed by atoms with van der Waals surface area (Å²) in [7, 11) is 0. The van der Waals surface area contributed by atoms with Gasteiger partial charge < -0.3 is 32.4 Å². The van der Waals surface area contributed by atoms with Crippen LogP contribution in [-0.2, 0) is 27.5 Å². The molecule has 0 radical (unpaired) electrons. The molecule has 2 aromatic rings. The van der Waals surface area contributed by atoms with E-state index in [1.807, 2.05) is 67.6 Å². The molecule has 2 atom stereocenters. The zero-order valence-corrected chi connectivity index (χ0v) is 21.3. The number of hydrogen-bond donors (Lipinski definition) is 4. The number of unbranched alkanes of at least 4 members (excludes halogenated alkanes) is 1. The lowest BCUT2D eigenvalue weighted by molar-refractivity contribution is -0.881. The average Bonchev–Trinajstić information content (AvgIpc) is 2.88. The molecule has 37 heavy (non-hydrogen) atoms. The Bertz CT molecular complexity index is 1040. The number of benzene rings is 2. The van der Waals surface area contributed by atoms with E-state index >= 15 is 0 Å². The number of aliphatic imine (C=N–C) groups is 1. The first-order chi connectivity index (χ1) is 17.8. The molecular weight excluding hydrogens is 474 g/mol. The highest BCUT2D eigenvalue weighted by Crippen LogP contribution is 2.26. The number of carbonyl (C=O) groups excluding carboxylic acids is 2. The van der Waals surface area contributed by atoms with Crippen LogP contribution in [0.4, 0.5) is 4.79 Å². The predicted molar refractivity (Wildman–Crippen MR) is 142 cm³/mol. The van der Waals surface area contributed by atoms with Crippen molar-refractivity contribution in [2.45, 2.75) is 51.9 Å². The van der Waals surface area contributed by atoms with Gasteiger partial charge in [0.25, 0.3) is 0 Å². The third-order valence-electron chi connectivity index (χ3n) is 5.57. The number of guanidine groups is 2. The molecule has 0 aliphatic heterocycles. The second-order valence-electron chi connectivity index (χ2n) is 8.53. The van der Waals surface area contributed by atoms with Crippen molar-refractivity contribution in [3.8, 4) is 0 Å². The van der Waals surface area contributed by atoms with Crippen LogP contribution in [0.5, 0.6) is 0 Å². The van der Waals surface area contributed by atoms with Gasteiger partial charge in [-0.3, -0.25) is 4.99 Å². The zero-order chi connectivity index (χ0) is 27.1. The van der Waals surface area contributed by atoms with Crippen molar-refractivity contribution in [2.75, 3.05) is 13.1 Å². The highest BCUT2D eigenvalue weighted by atomic mass is 16.6. The molecule has 0 fully saturated rings. The lowest BCUT2D eigenvalue weighted by Crippen LogP contribution is -2.60. The molecule has 2 rings (SSSR count). The van der Waals surface area contributed by atoms with E-state index < -0.39 is 22.7 Å². The van der Waals surface area contributed by atoms with Gasteiger partial charge in [0.1, 0.15) is 19.8 Å². The summed E-state index contributed by atoms with van der Waals surface area (Å²) in [5, 5.41) is 4.28. The maximum atomic E-state index is 13.6. The van der Waals surface area contributed by atoms with Crippen LogP contribution in [0.15, 0.2) is 70.8 Å². The third kappa shape index (κ3) is 9.45. The van der Waals surface area contributed by atoms with Crippen LogP contribution >= 0.6 is 0 Å². The van der Waals surface area contributed by atoms with Gasteiger partial charge in [-0.1, -0.05) is 72.2 Å². The van der Waals surface area contributed by atoms with Gasteiger partial charge in [0, 0.05) is 13.0 Å². The molecule has 200 valence electrons. The molecule has 0 saturated heterocycles. The van der Waals surface area contributed by atoms with Crippen LogP contribution in [-0.4, -0.2) is 47.7 Å². The first-order valence-corrected chi connectivity index (χ1v) is 12.2. The number of nitrogens with zero attached hydrogens (tertiary/aromatic N) is 3. The summed E-state index contributed by atoms with van der Waals surface area (Å²) in [5.74, 6) is -0.966. The molecule has 0 aliphatic carbocycles. The van der Waals surface area contributed by atoms with Crippen molar-refractivity contribution in [1.82, 2.24) is 0 Å². The van der Waals surface area contributed by atoms with Crippen molar-refractivity contribution in [3.63, 3.8) is 0 Å². The van der Waals surface area contributed by atoms with Gasteiger partial charge in [0.05, 0.1) is 0 Å². The molecule has 0 spiro atoms. The van der Waals surface area contributed by atoms with E-state index in [1.54, 1.807) is 0 Å². The largest absolute Gasteiger partial charge is 0.544 e. The van der Waals surface area contributed by atoms with Crippen molar-refractivity contribution >= 4 is 24.0 Å². The van der Waals surface area contributed by atoms with Gasteiger partial charge >= 0.3 is 12.1 Å². The Balaban J connectivity index is 2.36. The van der Waals surface area contributed by atoms with E-state index in [9.17, 15) is 9.59 Å². The maximum Gasteiger partial charge on any atom is 0.544 e. The molecule has 11 heteroatoms. The van der Waals surface area contributed by atoms with Crippen LogP contribution in [0.2, 0.25) is 0 Å². The number of nitrogens with two attached hydrogens (primary N) is 4. The van der Waals surface area contributed by atoms with Crippen molar-refractivity contribution in [2.24, 2.45) is 33.0 Å². The normalized spacial score (nSPS) is 13.0. The fourth-order valence-electron chi connectivity index (χ4n) is 3.90. The third-order valence-corrected chi connectivity index (χ3v) is 5.57. The number of quaternary nitrogens is 1. The van der Waals surface area contributed by atoms with Crippen LogP contribution in [0.3, 0.4) is 0 Å². The second-order valence-corrected chi connectivity index (χ2v) is 8.53. The Morgan fingerprint density at radius 1 is 0.838 bits per heavy atom. The van der Waals surface area contributed by atoms with Gasteiger partial charge in [-0.25, -0.2) is 4.79 Å². The molecular formula is C26H38N7O4+. The summed E-state index contributed by atoms with van der Waals surface area (Å²) in [6, 6.07) is 17.4. The Kier molecular flexibility index (Phi) is 11.9. The first kappa shape index (κ1) is 29.1. The fraction of sp³-hybridized carbons (Fsp3) is 0.385. The monoisotopic (exact) mass is 512 g/mol. The van der Waals surface area contributed by atoms with E-state index in [-0.39, 0.29) is 38.1 Å². The quantitative estimate of drug-likeness (QED) is 0.0742. The second kappa shape index (κ2) is 15.1. The Morgan fingerprint density at radius 3 is 1.92 bits per heavy atom. The zero-order valence-electron chi connectivity index (χ0n) is 21.3. The van der Waals surface area contributed by atoms with Crippen LogP contribution in [0.25, 0.3) is 0 Å². The number of rotatable bonds is 14. The van der Waals surface area contributed by atoms with Gasteiger partial charge in [-0.15, -0.1) is 0 Å². The minimum absolute atomic E-state index is 0.000339. The van der Waals surface area contributed by atoms with Gasteiger partial charge in [-0.2, -0.15) is 4.79 Å². The maximum absolute atomic E-state index is 13.6. The van der Waals surface area contributed by atoms with E-state index in [4.69, 9.17) is 32.4 Å². The molecule has 1 amide bonds. The van der Waals surface area contributed by atoms with Gasteiger partial charge in [0.2, 0.25) is 12.0 Å². The SMILES string of the molecule is CCC[N+](N=C(N)N)(C(=O)OCc1ccccc1)[C@H](CCCCN=C(N)N)C(=O)OCc1ccccc1. The lowest BCUT2D eigenvalue weighted by atomic mass is 10.1. The van der Waals surface area contributed by atoms with Crippen LogP contribution < -0.4 is 22.9 Å². The highest BCUT2D eigenvalue weighted by Gasteiger charge is 2.52. The predicted octanol–water partition coefficient (Wildman–Crippen LogP) is 2.29. The number of ether oxygens (including phenoxy) is 2. The Labute approximate surface area is 217 Å². The molecule has 0 saturated carbocycles. The molecule has 0 aromatic heterocycles. The van der Waals surface area contributed by atoms with E-state index in [2.05, 4.69) is 10.1 Å². The summed E-state index contributed by atoms with van der Waals surface area (Å²) in [5.41, 5.74) is 24.0. The minimum atomic E-state index is -1.05. The van der Waals surface area contributed by atoms with E-state index in [0.717, 1.165) is 11.1 Å². The molecule has 8 N–H and O–H groups in total. The van der Waals surface area contributed by atoms with Crippen LogP contribution in [0.1, 0.15) is 43.7 Å². The fourth-order valence-corrected chi connectivity index (χ4v) is 3.90. The number of hydrogen-bond acceptors (Lipinski definition) is 6. The highest BCUT2D eigenvalue weighted by molar-refractivity contribution is 5.79. The smallest absolute Gasteiger partial charge is 0.456 e. The van der Waals surface area contributed by atoms with E-state index in [0.29, 0.717) is 25.8 Å². The lowest BCUT2D eigenvalue weighted by Gasteiger charge is -2.33. The number of carbonyl (C=O) groups is 2. The van der Waals surface area contributed by atoms with Crippen molar-refractivity contribution in [1.29, 1.82) is 0 Å². The summed E-state index contributed by atoms with van der Waals surface area (Å²) >= 11 is 0. The van der Waals surface area contributed by atoms with Gasteiger partial charge in [0.15, 0.2) is 5.96 Å². The van der Waals surface area contributed by atoms with Gasteiger partial charge in [-0.05, 0) is 35.5 Å². The Hall–Kier alpha value is -4.12. The topological polar surface area (TPSA) is 181 Å². The summed E-state index contributed by atoms with van der Waals surface area (Å²) in [6.07, 6.45) is 1.08. The standard InChI is InChI=1S/C26H38N7O4/c1-2-17-33(32-25(29)30,26(35)37-19-21-13-7-4-8-14-21)22(15-9-10-16-31-24(27)28)23(34)36-18-20-11-5-3-6-12-20/h3-8,11-14,22H,2,9-10,15-19H2,1H3,(H4,27,28,31)(H4,29,30,32)/q+1/t22-,33?/m1/s1. The first-order valence-electron chi connectivity index (χ1n) is 12.2. The Morgan fingerprint density at radius 2 is 1.41 bits per heavy atom. The summed E-state index contributed by atoms with van der Waals surface area (Å²) in [4.78, 5) is 31.1. The van der Waals surface area contributed by atoms with Crippen LogP contribution in [0, 0.1) is 0 Å². The number of amides is 1. The molecule has 0 aliphatic rings. The summed E-state index contributed by atoms with van der Waals surface area (Å²) < 4.78 is 10.5. The molecule has 0 heterocycles. The molecule has 2 aromatic carbocycles. The van der Waals surface area contributed by atoms with Crippen molar-refractivity contribution in [3.05, 3.63) is 71.8 Å². The minimum Gasteiger partial charge on any atom is -0.456 e. The summed E-state index contributed by atoms with van der Waals surface area (Å²) in [6.45, 7) is 2.41. The molecule has 1 unspecified atom stereocenters.